The molecule has 0 unspecified atom stereocenters. The van der Waals surface area contributed by atoms with Crippen LogP contribution in [0.25, 0.3) is 39.2 Å². The van der Waals surface area contributed by atoms with Gasteiger partial charge >= 0.3 is 6.18 Å². The molecule has 5 rings (SSSR count). The first-order chi connectivity index (χ1) is 19.2. The second-order valence-electron chi connectivity index (χ2n) is 9.79. The van der Waals surface area contributed by atoms with Crippen molar-refractivity contribution in [2.24, 2.45) is 0 Å². The van der Waals surface area contributed by atoms with Gasteiger partial charge in [0.2, 0.25) is 0 Å². The Morgan fingerprint density at radius 2 is 1.52 bits per heavy atom. The van der Waals surface area contributed by atoms with Crippen LogP contribution >= 0.6 is 11.6 Å². The molecule has 0 atom stereocenters. The lowest BCUT2D eigenvalue weighted by Gasteiger charge is -2.13. The quantitative estimate of drug-likeness (QED) is 0.168. The Bertz CT molecular complexity index is 1590. The number of nitrogens with zero attached hydrogens (tertiary/aromatic N) is 3. The van der Waals surface area contributed by atoms with E-state index in [4.69, 9.17) is 21.3 Å². The summed E-state index contributed by atoms with van der Waals surface area (Å²) in [5.74, 6) is 0.673. The first-order valence-corrected chi connectivity index (χ1v) is 13.7. The lowest BCUT2D eigenvalue weighted by molar-refractivity contribution is -0.136. The normalized spacial score (nSPS) is 11.8. The number of ether oxygens (including phenoxy) is 1. The number of hydrogen-bond acceptors (Lipinski definition) is 3. The highest BCUT2D eigenvalue weighted by Gasteiger charge is 2.36. The Kier molecular flexibility index (Phi) is 8.12. The number of aryl methyl sites for hydroxylation is 1. The van der Waals surface area contributed by atoms with Crippen LogP contribution in [0, 0.1) is 6.92 Å². The molecule has 0 aliphatic heterocycles. The third kappa shape index (κ3) is 5.99. The lowest BCUT2D eigenvalue weighted by Crippen LogP contribution is -2.08. The summed E-state index contributed by atoms with van der Waals surface area (Å²) in [4.78, 5) is 4.74. The summed E-state index contributed by atoms with van der Waals surface area (Å²) in [7, 11) is 0. The molecule has 206 valence electrons. The number of benzene rings is 3. The number of rotatable bonds is 9. The summed E-state index contributed by atoms with van der Waals surface area (Å²) < 4.78 is 51.2. The zero-order valence-electron chi connectivity index (χ0n) is 22.3. The van der Waals surface area contributed by atoms with E-state index in [0.29, 0.717) is 34.2 Å². The fourth-order valence-electron chi connectivity index (χ4n) is 4.60. The number of pyridine rings is 1. The molecular weight excluding hydrogens is 535 g/mol. The topological polar surface area (TPSA) is 39.9 Å². The van der Waals surface area contributed by atoms with Gasteiger partial charge in [-0.05, 0) is 67.9 Å². The maximum absolute atomic E-state index is 14.6. The van der Waals surface area contributed by atoms with E-state index < -0.39 is 11.7 Å². The van der Waals surface area contributed by atoms with Gasteiger partial charge in [-0.25, -0.2) is 9.67 Å². The van der Waals surface area contributed by atoms with Gasteiger partial charge in [0.1, 0.15) is 11.4 Å². The molecule has 0 aliphatic carbocycles. The predicted octanol–water partition coefficient (Wildman–Crippen LogP) is 9.69. The van der Waals surface area contributed by atoms with Crippen LogP contribution in [0.15, 0.2) is 78.9 Å². The SMILES string of the molecule is CCCCCCOc1ccc(-c2cc(C(F)(F)F)c3c(-c4ccc(Cl)cc4)nn(-c4ccc(C)cc4)c3n2)cc1. The molecule has 40 heavy (non-hydrogen) atoms. The van der Waals surface area contributed by atoms with E-state index in [9.17, 15) is 13.2 Å². The molecule has 0 saturated carbocycles. The minimum absolute atomic E-state index is 0.0637. The highest BCUT2D eigenvalue weighted by atomic mass is 35.5. The number of hydrogen-bond donors (Lipinski definition) is 0. The maximum Gasteiger partial charge on any atom is 0.417 e. The van der Waals surface area contributed by atoms with Crippen molar-refractivity contribution in [3.8, 4) is 34.0 Å². The van der Waals surface area contributed by atoms with E-state index in [-0.39, 0.29) is 22.4 Å². The lowest BCUT2D eigenvalue weighted by atomic mass is 10.0. The smallest absolute Gasteiger partial charge is 0.417 e. The first-order valence-electron chi connectivity index (χ1n) is 13.3. The van der Waals surface area contributed by atoms with Crippen LogP contribution in [0.3, 0.4) is 0 Å². The van der Waals surface area contributed by atoms with Gasteiger partial charge in [-0.1, -0.05) is 67.6 Å². The monoisotopic (exact) mass is 563 g/mol. The van der Waals surface area contributed by atoms with Gasteiger partial charge in [-0.15, -0.1) is 0 Å². The van der Waals surface area contributed by atoms with Gasteiger partial charge < -0.3 is 4.74 Å². The summed E-state index contributed by atoms with van der Waals surface area (Å²) in [6.45, 7) is 4.70. The van der Waals surface area contributed by atoms with Crippen molar-refractivity contribution in [1.82, 2.24) is 14.8 Å². The molecular formula is C32H29ClF3N3O. The van der Waals surface area contributed by atoms with Gasteiger partial charge in [-0.3, -0.25) is 0 Å². The van der Waals surface area contributed by atoms with Gasteiger partial charge in [0.25, 0.3) is 0 Å². The molecule has 0 spiro atoms. The van der Waals surface area contributed by atoms with E-state index in [0.717, 1.165) is 37.3 Å². The third-order valence-electron chi connectivity index (χ3n) is 6.76. The average Bonchev–Trinajstić information content (AvgIpc) is 3.32. The minimum atomic E-state index is -4.64. The van der Waals surface area contributed by atoms with Crippen LogP contribution in [0.2, 0.25) is 5.02 Å². The van der Waals surface area contributed by atoms with Crippen LogP contribution in [-0.4, -0.2) is 21.4 Å². The standard InChI is InChI=1S/C32H29ClF3N3O/c1-3-4-5-6-19-40-26-17-11-22(12-18-26)28-20-27(32(34,35)36)29-30(23-9-13-24(33)14-10-23)38-39(31(29)37-28)25-15-7-21(2)8-16-25/h7-18,20H,3-6,19H2,1-2H3. The van der Waals surface area contributed by atoms with E-state index in [2.05, 4.69) is 12.0 Å². The molecule has 0 aliphatic rings. The largest absolute Gasteiger partial charge is 0.494 e. The Labute approximate surface area is 236 Å². The van der Waals surface area contributed by atoms with Gasteiger partial charge in [0.05, 0.1) is 28.9 Å². The van der Waals surface area contributed by atoms with Crippen LogP contribution in [-0.2, 0) is 6.18 Å². The van der Waals surface area contributed by atoms with Gasteiger partial charge in [0.15, 0.2) is 5.65 Å². The Morgan fingerprint density at radius 3 is 2.17 bits per heavy atom. The summed E-state index contributed by atoms with van der Waals surface area (Å²) in [6.07, 6.45) is -0.264. The third-order valence-corrected chi connectivity index (χ3v) is 7.01. The molecule has 2 heterocycles. The van der Waals surface area contributed by atoms with Crippen molar-refractivity contribution in [3.63, 3.8) is 0 Å². The maximum atomic E-state index is 14.6. The minimum Gasteiger partial charge on any atom is -0.494 e. The molecule has 4 nitrogen and oxygen atoms in total. The Hall–Kier alpha value is -3.84. The molecule has 5 aromatic rings. The number of unbranched alkanes of at least 4 members (excludes halogenated alkanes) is 3. The highest BCUT2D eigenvalue weighted by molar-refractivity contribution is 6.30. The molecule has 0 bridgehead atoms. The van der Waals surface area contributed by atoms with Gasteiger partial charge in [0, 0.05) is 16.1 Å². The van der Waals surface area contributed by atoms with E-state index in [1.807, 2.05) is 31.2 Å². The Balaban J connectivity index is 1.64. The first kappa shape index (κ1) is 27.7. The summed E-state index contributed by atoms with van der Waals surface area (Å²) in [6, 6.07) is 22.1. The molecule has 0 amide bonds. The zero-order chi connectivity index (χ0) is 28.3. The van der Waals surface area contributed by atoms with Crippen molar-refractivity contribution in [1.29, 1.82) is 0 Å². The number of fused-ring (bicyclic) bond motifs is 1. The summed E-state index contributed by atoms with van der Waals surface area (Å²) in [5, 5.41) is 5.08. The fraction of sp³-hybridized carbons (Fsp3) is 0.250. The van der Waals surface area contributed by atoms with Crippen LogP contribution in [0.1, 0.15) is 43.7 Å². The van der Waals surface area contributed by atoms with Crippen molar-refractivity contribution in [2.45, 2.75) is 45.7 Å². The van der Waals surface area contributed by atoms with E-state index in [1.54, 1.807) is 48.5 Å². The molecule has 0 N–H and O–H groups in total. The number of halogens is 4. The molecule has 3 aromatic carbocycles. The fourth-order valence-corrected chi connectivity index (χ4v) is 4.73. The average molecular weight is 564 g/mol. The van der Waals surface area contributed by atoms with Crippen molar-refractivity contribution >= 4 is 22.6 Å². The molecule has 8 heteroatoms. The molecule has 0 saturated heterocycles. The molecule has 2 aromatic heterocycles. The van der Waals surface area contributed by atoms with E-state index in [1.165, 1.54) is 4.68 Å². The van der Waals surface area contributed by atoms with Crippen LogP contribution < -0.4 is 4.74 Å². The zero-order valence-corrected chi connectivity index (χ0v) is 23.1. The number of alkyl halides is 3. The van der Waals surface area contributed by atoms with Crippen molar-refractivity contribution in [3.05, 3.63) is 95.0 Å². The second kappa shape index (κ2) is 11.7. The van der Waals surface area contributed by atoms with Crippen LogP contribution in [0.4, 0.5) is 13.2 Å². The summed E-state index contributed by atoms with van der Waals surface area (Å²) >= 11 is 6.06. The predicted molar refractivity (Wildman–Crippen MR) is 154 cm³/mol. The number of aromatic nitrogens is 3. The van der Waals surface area contributed by atoms with Crippen molar-refractivity contribution in [2.75, 3.05) is 6.61 Å². The highest BCUT2D eigenvalue weighted by Crippen LogP contribution is 2.42. The van der Waals surface area contributed by atoms with Gasteiger partial charge in [-0.2, -0.15) is 18.3 Å². The van der Waals surface area contributed by atoms with Crippen LogP contribution in [0.5, 0.6) is 5.75 Å². The molecule has 0 radical (unpaired) electrons. The van der Waals surface area contributed by atoms with Crippen molar-refractivity contribution < 1.29 is 17.9 Å². The second-order valence-corrected chi connectivity index (χ2v) is 10.2. The Morgan fingerprint density at radius 1 is 0.850 bits per heavy atom. The van der Waals surface area contributed by atoms with E-state index >= 15 is 0 Å². The molecule has 0 fully saturated rings. The summed E-state index contributed by atoms with van der Waals surface area (Å²) in [5.41, 5.74) is 2.41.